The zero-order valence-corrected chi connectivity index (χ0v) is 16.8. The largest absolute Gasteiger partial charge is 0.444 e. The first-order valence-electron chi connectivity index (χ1n) is 9.15. The van der Waals surface area contributed by atoms with Gasteiger partial charge in [0, 0.05) is 0 Å². The minimum Gasteiger partial charge on any atom is -0.444 e. The van der Waals surface area contributed by atoms with E-state index in [4.69, 9.17) is 23.7 Å². The van der Waals surface area contributed by atoms with Crippen LogP contribution in [0.25, 0.3) is 0 Å². The van der Waals surface area contributed by atoms with Crippen LogP contribution in [0.1, 0.15) is 48.5 Å². The summed E-state index contributed by atoms with van der Waals surface area (Å²) < 4.78 is 29.7. The van der Waals surface area contributed by atoms with E-state index in [9.17, 15) is 4.79 Å². The smallest absolute Gasteiger partial charge is 0.411 e. The van der Waals surface area contributed by atoms with Gasteiger partial charge in [-0.2, -0.15) is 0 Å². The van der Waals surface area contributed by atoms with Gasteiger partial charge in [-0.3, -0.25) is 4.90 Å². The number of hydrogen-bond acceptors (Lipinski definition) is 6. The number of fused-ring (bicyclic) bond motifs is 1. The summed E-state index contributed by atoms with van der Waals surface area (Å²) in [6, 6.07) is -0.754. The van der Waals surface area contributed by atoms with E-state index in [1.165, 1.54) is 0 Å². The Bertz CT molecular complexity index is 581. The van der Waals surface area contributed by atoms with Crippen LogP contribution in [0.4, 0.5) is 4.79 Å². The van der Waals surface area contributed by atoms with Crippen molar-refractivity contribution in [2.75, 3.05) is 6.61 Å². The van der Waals surface area contributed by atoms with E-state index in [0.29, 0.717) is 6.61 Å². The Balaban J connectivity index is 1.94. The molecule has 1 amide bonds. The zero-order chi connectivity index (χ0) is 19.5. The van der Waals surface area contributed by atoms with Gasteiger partial charge in [0.15, 0.2) is 11.6 Å². The molecule has 0 saturated carbocycles. The molecule has 0 aromatic rings. The molecule has 0 spiro atoms. The van der Waals surface area contributed by atoms with Gasteiger partial charge in [0.2, 0.25) is 0 Å². The Labute approximate surface area is 155 Å². The molecule has 26 heavy (non-hydrogen) atoms. The molecule has 7 heteroatoms. The van der Waals surface area contributed by atoms with Crippen LogP contribution in [0.15, 0.2) is 12.7 Å². The summed E-state index contributed by atoms with van der Waals surface area (Å²) in [6.45, 7) is 17.3. The Morgan fingerprint density at radius 2 is 1.73 bits per heavy atom. The van der Waals surface area contributed by atoms with Gasteiger partial charge in [0.05, 0.1) is 18.7 Å². The Morgan fingerprint density at radius 1 is 1.12 bits per heavy atom. The highest BCUT2D eigenvalue weighted by molar-refractivity contribution is 5.70. The molecular weight excluding hydrogens is 338 g/mol. The van der Waals surface area contributed by atoms with Gasteiger partial charge in [-0.25, -0.2) is 4.79 Å². The lowest BCUT2D eigenvalue weighted by Crippen LogP contribution is -2.53. The van der Waals surface area contributed by atoms with Crippen molar-refractivity contribution in [3.05, 3.63) is 12.7 Å². The number of hydrogen-bond donors (Lipinski definition) is 0. The molecule has 0 N–H and O–H groups in total. The van der Waals surface area contributed by atoms with Gasteiger partial charge < -0.3 is 23.7 Å². The predicted octanol–water partition coefficient (Wildman–Crippen LogP) is 2.83. The second-order valence-electron chi connectivity index (χ2n) is 9.04. The SMILES string of the molecule is C=C[C@@H]1[C@H]2OC(C)(C)O[C@H]2[C@H]([C@H]2COC(C)(C)O2)N1C(=O)OC(C)(C)C. The molecule has 3 rings (SSSR count). The van der Waals surface area contributed by atoms with Crippen molar-refractivity contribution in [2.45, 2.75) is 96.0 Å². The third-order valence-electron chi connectivity index (χ3n) is 4.74. The second-order valence-corrected chi connectivity index (χ2v) is 9.04. The normalized spacial score (nSPS) is 38.3. The fraction of sp³-hybridized carbons (Fsp3) is 0.842. The highest BCUT2D eigenvalue weighted by Crippen LogP contribution is 2.44. The average Bonchev–Trinajstić information content (AvgIpc) is 3.04. The highest BCUT2D eigenvalue weighted by Gasteiger charge is 2.62. The topological polar surface area (TPSA) is 66.5 Å². The van der Waals surface area contributed by atoms with Gasteiger partial charge >= 0.3 is 6.09 Å². The Kier molecular flexibility index (Phi) is 4.67. The molecule has 0 aromatic carbocycles. The van der Waals surface area contributed by atoms with Crippen LogP contribution in [-0.4, -0.2) is 65.2 Å². The molecule has 3 aliphatic rings. The molecule has 0 bridgehead atoms. The molecule has 7 nitrogen and oxygen atoms in total. The summed E-state index contributed by atoms with van der Waals surface area (Å²) in [5.74, 6) is -1.44. The molecule has 148 valence electrons. The van der Waals surface area contributed by atoms with Gasteiger partial charge in [0.25, 0.3) is 0 Å². The number of rotatable bonds is 2. The van der Waals surface area contributed by atoms with Crippen molar-refractivity contribution in [3.8, 4) is 0 Å². The van der Waals surface area contributed by atoms with E-state index in [2.05, 4.69) is 6.58 Å². The molecule has 0 aliphatic carbocycles. The third-order valence-corrected chi connectivity index (χ3v) is 4.74. The summed E-state index contributed by atoms with van der Waals surface area (Å²) in [4.78, 5) is 14.7. The number of carbonyl (C=O) groups is 1. The summed E-state index contributed by atoms with van der Waals surface area (Å²) >= 11 is 0. The number of amides is 1. The monoisotopic (exact) mass is 369 g/mol. The molecule has 3 heterocycles. The van der Waals surface area contributed by atoms with Crippen molar-refractivity contribution < 1.29 is 28.5 Å². The van der Waals surface area contributed by atoms with Crippen LogP contribution in [-0.2, 0) is 23.7 Å². The molecule has 0 aromatic heterocycles. The fourth-order valence-electron chi connectivity index (χ4n) is 3.94. The summed E-state index contributed by atoms with van der Waals surface area (Å²) in [7, 11) is 0. The maximum absolute atomic E-state index is 13.0. The van der Waals surface area contributed by atoms with Crippen molar-refractivity contribution >= 4 is 6.09 Å². The fourth-order valence-corrected chi connectivity index (χ4v) is 3.94. The first-order valence-corrected chi connectivity index (χ1v) is 9.15. The van der Waals surface area contributed by atoms with Crippen LogP contribution in [0.5, 0.6) is 0 Å². The van der Waals surface area contributed by atoms with Crippen LogP contribution in [0.2, 0.25) is 0 Å². The van der Waals surface area contributed by atoms with Crippen LogP contribution in [0, 0.1) is 0 Å². The molecule has 5 atom stereocenters. The zero-order valence-electron chi connectivity index (χ0n) is 16.8. The number of likely N-dealkylation sites (tertiary alicyclic amines) is 1. The lowest BCUT2D eigenvalue weighted by Gasteiger charge is -2.36. The first-order chi connectivity index (χ1) is 11.8. The summed E-state index contributed by atoms with van der Waals surface area (Å²) in [5.41, 5.74) is -0.613. The Morgan fingerprint density at radius 3 is 2.23 bits per heavy atom. The van der Waals surface area contributed by atoms with Crippen molar-refractivity contribution in [1.29, 1.82) is 0 Å². The highest BCUT2D eigenvalue weighted by atomic mass is 16.8. The van der Waals surface area contributed by atoms with Gasteiger partial charge in [-0.05, 0) is 48.5 Å². The average molecular weight is 369 g/mol. The predicted molar refractivity (Wildman–Crippen MR) is 94.6 cm³/mol. The lowest BCUT2D eigenvalue weighted by atomic mass is 10.0. The number of carbonyl (C=O) groups excluding carboxylic acids is 1. The van der Waals surface area contributed by atoms with E-state index >= 15 is 0 Å². The van der Waals surface area contributed by atoms with Crippen LogP contribution >= 0.6 is 0 Å². The second kappa shape index (κ2) is 6.19. The molecule has 3 aliphatic heterocycles. The molecule has 3 saturated heterocycles. The standard InChI is InChI=1S/C19H31NO6/c1-9-11-14-15(25-19(7,8)24-14)13(12-10-22-18(5,6)23-12)20(11)16(21)26-17(2,3)4/h9,11-15H,1,10H2,2-8H3/t11-,12-,13+,14-,15+/m1/s1. The first kappa shape index (κ1) is 19.6. The number of ether oxygens (including phenoxy) is 5. The molecular formula is C19H31NO6. The number of nitrogens with zero attached hydrogens (tertiary/aromatic N) is 1. The van der Waals surface area contributed by atoms with Gasteiger partial charge in [0.1, 0.15) is 23.9 Å². The minimum absolute atomic E-state index is 0.327. The minimum atomic E-state index is -0.732. The molecule has 3 fully saturated rings. The van der Waals surface area contributed by atoms with E-state index in [1.807, 2.05) is 48.5 Å². The van der Waals surface area contributed by atoms with Crippen molar-refractivity contribution in [2.24, 2.45) is 0 Å². The third kappa shape index (κ3) is 3.63. The van der Waals surface area contributed by atoms with Crippen LogP contribution < -0.4 is 0 Å². The lowest BCUT2D eigenvalue weighted by molar-refractivity contribution is -0.179. The Hall–Kier alpha value is -1.15. The van der Waals surface area contributed by atoms with Gasteiger partial charge in [-0.1, -0.05) is 6.08 Å². The maximum atomic E-state index is 13.0. The van der Waals surface area contributed by atoms with Crippen LogP contribution in [0.3, 0.4) is 0 Å². The van der Waals surface area contributed by atoms with Gasteiger partial charge in [-0.15, -0.1) is 6.58 Å². The van der Waals surface area contributed by atoms with E-state index in [-0.39, 0.29) is 30.4 Å². The maximum Gasteiger partial charge on any atom is 0.411 e. The summed E-state index contributed by atoms with van der Waals surface area (Å²) in [5, 5.41) is 0. The molecule has 0 radical (unpaired) electrons. The van der Waals surface area contributed by atoms with E-state index in [1.54, 1.807) is 11.0 Å². The molecule has 0 unspecified atom stereocenters. The van der Waals surface area contributed by atoms with Crippen molar-refractivity contribution in [1.82, 2.24) is 4.90 Å². The quantitative estimate of drug-likeness (QED) is 0.698. The van der Waals surface area contributed by atoms with E-state index in [0.717, 1.165) is 0 Å². The van der Waals surface area contributed by atoms with Crippen molar-refractivity contribution in [3.63, 3.8) is 0 Å². The van der Waals surface area contributed by atoms with E-state index < -0.39 is 23.3 Å². The summed E-state index contributed by atoms with van der Waals surface area (Å²) in [6.07, 6.45) is 0.274.